The molecule has 2 unspecified atom stereocenters. The summed E-state index contributed by atoms with van der Waals surface area (Å²) in [7, 11) is 0. The molecule has 0 spiro atoms. The van der Waals surface area contributed by atoms with Gasteiger partial charge < -0.3 is 0 Å². The van der Waals surface area contributed by atoms with E-state index in [1.54, 1.807) is 4.57 Å². The third-order valence-corrected chi connectivity index (χ3v) is 3.29. The number of aromatic amines is 2. The van der Waals surface area contributed by atoms with E-state index in [2.05, 4.69) is 17.1 Å². The van der Waals surface area contributed by atoms with E-state index >= 15 is 0 Å². The second-order valence-corrected chi connectivity index (χ2v) is 4.54. The van der Waals surface area contributed by atoms with Gasteiger partial charge in [-0.05, 0) is 31.0 Å². The number of rotatable bonds is 1. The molecule has 0 amide bonds. The molecule has 5 heteroatoms. The molecule has 1 aliphatic carbocycles. The molecule has 0 aromatic carbocycles. The topological polar surface area (TPSA) is 53.6 Å². The van der Waals surface area contributed by atoms with Crippen LogP contribution in [0.3, 0.4) is 0 Å². The predicted octanol–water partition coefficient (Wildman–Crippen LogP) is 1.99. The number of hydrogen-bond acceptors (Lipinski definition) is 2. The molecular weight excluding hydrogens is 198 g/mol. The maximum atomic E-state index is 11.5. The molecule has 2 N–H and O–H groups in total. The third-order valence-electron chi connectivity index (χ3n) is 2.99. The number of nitrogens with one attached hydrogen (secondary N) is 2. The summed E-state index contributed by atoms with van der Waals surface area (Å²) in [5, 5.41) is 5.22. The Morgan fingerprint density at radius 1 is 1.43 bits per heavy atom. The standard InChI is InChI=1S/C9H15N3OS/c1-6-3-2-4-7(5-6)12-8(13)10-11-9(12)14/h6-7H,2-5H2,1H3,(H,10,13)(H,11,14). The fraction of sp³-hybridized carbons (Fsp3) is 0.778. The number of aromatic nitrogens is 3. The van der Waals surface area contributed by atoms with Gasteiger partial charge in [-0.3, -0.25) is 9.67 Å². The number of hydrogen-bond donors (Lipinski definition) is 2. The Balaban J connectivity index is 2.30. The first-order valence-electron chi connectivity index (χ1n) is 5.07. The highest BCUT2D eigenvalue weighted by Gasteiger charge is 2.22. The van der Waals surface area contributed by atoms with Gasteiger partial charge in [0.25, 0.3) is 0 Å². The lowest BCUT2D eigenvalue weighted by Crippen LogP contribution is -2.26. The Hall–Kier alpha value is -0.840. The molecule has 2 rings (SSSR count). The van der Waals surface area contributed by atoms with Crippen LogP contribution in [-0.2, 0) is 0 Å². The van der Waals surface area contributed by atoms with Crippen LogP contribution in [0.2, 0.25) is 0 Å². The molecule has 1 fully saturated rings. The van der Waals surface area contributed by atoms with Crippen molar-refractivity contribution in [2.75, 3.05) is 0 Å². The number of H-pyrrole nitrogens is 2. The van der Waals surface area contributed by atoms with Gasteiger partial charge in [-0.25, -0.2) is 9.89 Å². The molecule has 1 aromatic rings. The lowest BCUT2D eigenvalue weighted by Gasteiger charge is -2.26. The molecule has 0 radical (unpaired) electrons. The summed E-state index contributed by atoms with van der Waals surface area (Å²) in [5.74, 6) is 0.699. The summed E-state index contributed by atoms with van der Waals surface area (Å²) in [6.45, 7) is 2.23. The van der Waals surface area contributed by atoms with Gasteiger partial charge in [0.1, 0.15) is 0 Å². The SMILES string of the molecule is CC1CCCC(n2c(=O)[nH][nH]c2=S)C1. The summed E-state index contributed by atoms with van der Waals surface area (Å²) >= 11 is 5.07. The Labute approximate surface area is 87.3 Å². The van der Waals surface area contributed by atoms with E-state index in [9.17, 15) is 4.79 Å². The van der Waals surface area contributed by atoms with Crippen LogP contribution in [0.5, 0.6) is 0 Å². The minimum Gasteiger partial charge on any atom is -0.272 e. The molecule has 1 saturated carbocycles. The second-order valence-electron chi connectivity index (χ2n) is 4.16. The van der Waals surface area contributed by atoms with Crippen molar-refractivity contribution in [2.24, 2.45) is 5.92 Å². The smallest absolute Gasteiger partial charge is 0.272 e. The molecular formula is C9H15N3OS. The second kappa shape index (κ2) is 3.73. The first-order chi connectivity index (χ1) is 6.68. The van der Waals surface area contributed by atoms with Gasteiger partial charge in [0.2, 0.25) is 0 Å². The van der Waals surface area contributed by atoms with E-state index in [1.165, 1.54) is 12.8 Å². The number of nitrogens with zero attached hydrogens (tertiary/aromatic N) is 1. The Kier molecular flexibility index (Phi) is 2.58. The molecule has 78 valence electrons. The van der Waals surface area contributed by atoms with Crippen molar-refractivity contribution in [1.29, 1.82) is 0 Å². The van der Waals surface area contributed by atoms with Crippen LogP contribution in [0, 0.1) is 10.7 Å². The minimum atomic E-state index is -0.103. The van der Waals surface area contributed by atoms with E-state index in [1.807, 2.05) is 0 Å². The van der Waals surface area contributed by atoms with Crippen molar-refractivity contribution in [1.82, 2.24) is 14.8 Å². The van der Waals surface area contributed by atoms with Crippen molar-refractivity contribution < 1.29 is 0 Å². The fourth-order valence-corrected chi connectivity index (χ4v) is 2.57. The average Bonchev–Trinajstić information content (AvgIpc) is 2.46. The van der Waals surface area contributed by atoms with Crippen LogP contribution in [0.25, 0.3) is 0 Å². The van der Waals surface area contributed by atoms with Gasteiger partial charge in [-0.15, -0.1) is 0 Å². The van der Waals surface area contributed by atoms with Crippen molar-refractivity contribution >= 4 is 12.2 Å². The highest BCUT2D eigenvalue weighted by Crippen LogP contribution is 2.31. The maximum absolute atomic E-state index is 11.5. The van der Waals surface area contributed by atoms with Gasteiger partial charge in [0, 0.05) is 6.04 Å². The highest BCUT2D eigenvalue weighted by atomic mass is 32.1. The van der Waals surface area contributed by atoms with Crippen LogP contribution >= 0.6 is 12.2 Å². The quantitative estimate of drug-likeness (QED) is 0.701. The van der Waals surface area contributed by atoms with Gasteiger partial charge in [0.15, 0.2) is 4.77 Å². The molecule has 2 atom stereocenters. The average molecular weight is 213 g/mol. The molecule has 1 heterocycles. The summed E-state index contributed by atoms with van der Waals surface area (Å²) in [6.07, 6.45) is 4.60. The zero-order valence-corrected chi connectivity index (χ0v) is 9.06. The van der Waals surface area contributed by atoms with Crippen LogP contribution in [0.15, 0.2) is 4.79 Å². The fourth-order valence-electron chi connectivity index (χ4n) is 2.29. The van der Waals surface area contributed by atoms with E-state index in [0.29, 0.717) is 16.7 Å². The zero-order chi connectivity index (χ0) is 10.1. The molecule has 1 aromatic heterocycles. The van der Waals surface area contributed by atoms with Crippen LogP contribution in [0.4, 0.5) is 0 Å². The Bertz CT molecular complexity index is 389. The molecule has 0 bridgehead atoms. The normalized spacial score (nSPS) is 27.8. The maximum Gasteiger partial charge on any atom is 0.342 e. The first-order valence-corrected chi connectivity index (χ1v) is 5.48. The van der Waals surface area contributed by atoms with E-state index in [-0.39, 0.29) is 5.69 Å². The zero-order valence-electron chi connectivity index (χ0n) is 8.25. The van der Waals surface area contributed by atoms with Crippen molar-refractivity contribution in [3.05, 3.63) is 15.3 Å². The highest BCUT2D eigenvalue weighted by molar-refractivity contribution is 7.71. The van der Waals surface area contributed by atoms with Gasteiger partial charge >= 0.3 is 5.69 Å². The Morgan fingerprint density at radius 3 is 2.79 bits per heavy atom. The van der Waals surface area contributed by atoms with Gasteiger partial charge in [-0.1, -0.05) is 19.8 Å². The van der Waals surface area contributed by atoms with Crippen LogP contribution in [0.1, 0.15) is 38.6 Å². The van der Waals surface area contributed by atoms with E-state index in [0.717, 1.165) is 12.8 Å². The van der Waals surface area contributed by atoms with Gasteiger partial charge in [-0.2, -0.15) is 0 Å². The molecule has 1 aliphatic rings. The predicted molar refractivity (Wildman–Crippen MR) is 56.9 cm³/mol. The summed E-state index contributed by atoms with van der Waals surface area (Å²) in [6, 6.07) is 0.293. The summed E-state index contributed by atoms with van der Waals surface area (Å²) in [4.78, 5) is 11.5. The van der Waals surface area contributed by atoms with Gasteiger partial charge in [0.05, 0.1) is 0 Å². The lowest BCUT2D eigenvalue weighted by molar-refractivity contribution is 0.276. The van der Waals surface area contributed by atoms with Crippen molar-refractivity contribution in [2.45, 2.75) is 38.6 Å². The molecule has 14 heavy (non-hydrogen) atoms. The third kappa shape index (κ3) is 1.68. The molecule has 0 saturated heterocycles. The lowest BCUT2D eigenvalue weighted by atomic mass is 9.87. The molecule has 4 nitrogen and oxygen atoms in total. The minimum absolute atomic E-state index is 0.103. The molecule has 0 aliphatic heterocycles. The van der Waals surface area contributed by atoms with Crippen molar-refractivity contribution in [3.63, 3.8) is 0 Å². The van der Waals surface area contributed by atoms with Crippen LogP contribution < -0.4 is 5.69 Å². The first kappa shape index (κ1) is 9.71. The van der Waals surface area contributed by atoms with E-state index < -0.39 is 0 Å². The Morgan fingerprint density at radius 2 is 2.21 bits per heavy atom. The van der Waals surface area contributed by atoms with E-state index in [4.69, 9.17) is 12.2 Å². The van der Waals surface area contributed by atoms with Crippen molar-refractivity contribution in [3.8, 4) is 0 Å². The monoisotopic (exact) mass is 213 g/mol. The summed E-state index contributed by atoms with van der Waals surface area (Å²) in [5.41, 5.74) is -0.103. The van der Waals surface area contributed by atoms with Crippen LogP contribution in [-0.4, -0.2) is 14.8 Å². The largest absolute Gasteiger partial charge is 0.342 e. The summed E-state index contributed by atoms with van der Waals surface area (Å²) < 4.78 is 2.21.